The van der Waals surface area contributed by atoms with E-state index in [0.29, 0.717) is 18.6 Å². The lowest BCUT2D eigenvalue weighted by Gasteiger charge is -2.42. The van der Waals surface area contributed by atoms with Crippen molar-refractivity contribution < 1.29 is 4.79 Å². The molecule has 0 aromatic carbocycles. The topological polar surface area (TPSA) is 32.3 Å². The van der Waals surface area contributed by atoms with E-state index in [1.807, 2.05) is 0 Å². The standard InChI is InChI=1S/C9H16N2O/c1-7-6-11(8-3-2-4-8)9(12)5-10-7/h7-8,10H,2-6H2,1H3. The van der Waals surface area contributed by atoms with Crippen LogP contribution in [-0.4, -0.2) is 36.0 Å². The highest BCUT2D eigenvalue weighted by Crippen LogP contribution is 2.25. The smallest absolute Gasteiger partial charge is 0.236 e. The Hall–Kier alpha value is -0.570. The van der Waals surface area contributed by atoms with Crippen LogP contribution in [0.2, 0.25) is 0 Å². The highest BCUT2D eigenvalue weighted by atomic mass is 16.2. The Morgan fingerprint density at radius 2 is 2.25 bits per heavy atom. The summed E-state index contributed by atoms with van der Waals surface area (Å²) in [6, 6.07) is 1.05. The van der Waals surface area contributed by atoms with E-state index in [-0.39, 0.29) is 5.91 Å². The monoisotopic (exact) mass is 168 g/mol. The summed E-state index contributed by atoms with van der Waals surface area (Å²) < 4.78 is 0. The second-order valence-corrected chi connectivity index (χ2v) is 3.91. The third-order valence-electron chi connectivity index (χ3n) is 2.91. The summed E-state index contributed by atoms with van der Waals surface area (Å²) in [5.41, 5.74) is 0. The number of hydrogen-bond donors (Lipinski definition) is 1. The van der Waals surface area contributed by atoms with Crippen LogP contribution in [0.3, 0.4) is 0 Å². The van der Waals surface area contributed by atoms with Crippen LogP contribution in [0.5, 0.6) is 0 Å². The molecule has 0 radical (unpaired) electrons. The third-order valence-corrected chi connectivity index (χ3v) is 2.91. The zero-order valence-corrected chi connectivity index (χ0v) is 7.55. The minimum atomic E-state index is 0.290. The van der Waals surface area contributed by atoms with E-state index < -0.39 is 0 Å². The fourth-order valence-electron chi connectivity index (χ4n) is 1.88. The van der Waals surface area contributed by atoms with Gasteiger partial charge in [0.2, 0.25) is 5.91 Å². The highest BCUT2D eigenvalue weighted by Gasteiger charge is 2.31. The molecule has 1 saturated heterocycles. The number of nitrogens with one attached hydrogen (secondary N) is 1. The molecule has 1 N–H and O–H groups in total. The molecular weight excluding hydrogens is 152 g/mol. The van der Waals surface area contributed by atoms with Gasteiger partial charge in [-0.15, -0.1) is 0 Å². The van der Waals surface area contributed by atoms with Gasteiger partial charge < -0.3 is 10.2 Å². The Balaban J connectivity index is 1.96. The van der Waals surface area contributed by atoms with E-state index in [0.717, 1.165) is 6.54 Å². The molecule has 1 saturated carbocycles. The fourth-order valence-corrected chi connectivity index (χ4v) is 1.88. The summed E-state index contributed by atoms with van der Waals surface area (Å²) in [5.74, 6) is 0.290. The van der Waals surface area contributed by atoms with Gasteiger partial charge in [0.25, 0.3) is 0 Å². The molecule has 3 heteroatoms. The van der Waals surface area contributed by atoms with Crippen LogP contribution < -0.4 is 5.32 Å². The van der Waals surface area contributed by atoms with Crippen LogP contribution in [0.4, 0.5) is 0 Å². The molecule has 2 aliphatic rings. The molecule has 0 bridgehead atoms. The molecule has 0 aromatic heterocycles. The average Bonchev–Trinajstić information content (AvgIpc) is 1.93. The number of hydrogen-bond acceptors (Lipinski definition) is 2. The van der Waals surface area contributed by atoms with Crippen molar-refractivity contribution in [3.63, 3.8) is 0 Å². The maximum atomic E-state index is 11.4. The van der Waals surface area contributed by atoms with Gasteiger partial charge in [0.15, 0.2) is 0 Å². The molecule has 1 heterocycles. The molecule has 3 nitrogen and oxygen atoms in total. The van der Waals surface area contributed by atoms with Crippen LogP contribution in [0, 0.1) is 0 Å². The van der Waals surface area contributed by atoms with Crippen molar-refractivity contribution in [3.05, 3.63) is 0 Å². The Kier molecular flexibility index (Phi) is 2.05. The summed E-state index contributed by atoms with van der Waals surface area (Å²) in [6.07, 6.45) is 3.74. The summed E-state index contributed by atoms with van der Waals surface area (Å²) in [7, 11) is 0. The second kappa shape index (κ2) is 3.05. The van der Waals surface area contributed by atoms with E-state index in [1.54, 1.807) is 0 Å². The molecule has 1 amide bonds. The molecular formula is C9H16N2O. The van der Waals surface area contributed by atoms with Crippen LogP contribution >= 0.6 is 0 Å². The van der Waals surface area contributed by atoms with Gasteiger partial charge in [0.1, 0.15) is 0 Å². The van der Waals surface area contributed by atoms with Gasteiger partial charge in [-0.1, -0.05) is 0 Å². The van der Waals surface area contributed by atoms with Gasteiger partial charge >= 0.3 is 0 Å². The number of nitrogens with zero attached hydrogens (tertiary/aromatic N) is 1. The predicted octanol–water partition coefficient (Wildman–Crippen LogP) is 0.359. The Bertz CT molecular complexity index is 189. The van der Waals surface area contributed by atoms with E-state index in [1.165, 1.54) is 19.3 Å². The molecule has 1 aliphatic heterocycles. The van der Waals surface area contributed by atoms with Crippen molar-refractivity contribution in [2.45, 2.75) is 38.3 Å². The van der Waals surface area contributed by atoms with Crippen LogP contribution in [0.15, 0.2) is 0 Å². The molecule has 2 fully saturated rings. The van der Waals surface area contributed by atoms with E-state index in [2.05, 4.69) is 17.1 Å². The quantitative estimate of drug-likeness (QED) is 0.613. The number of carbonyl (C=O) groups excluding carboxylic acids is 1. The largest absolute Gasteiger partial charge is 0.337 e. The SMILES string of the molecule is CC1CN(C2CCC2)C(=O)CN1. The van der Waals surface area contributed by atoms with Crippen molar-refractivity contribution in [2.24, 2.45) is 0 Å². The average molecular weight is 168 g/mol. The maximum absolute atomic E-state index is 11.4. The zero-order chi connectivity index (χ0) is 8.55. The number of rotatable bonds is 1. The van der Waals surface area contributed by atoms with E-state index in [9.17, 15) is 4.79 Å². The van der Waals surface area contributed by atoms with Crippen LogP contribution in [-0.2, 0) is 4.79 Å². The first-order valence-corrected chi connectivity index (χ1v) is 4.80. The van der Waals surface area contributed by atoms with Crippen LogP contribution in [0.25, 0.3) is 0 Å². The Labute approximate surface area is 73.1 Å². The molecule has 2 rings (SSSR count). The van der Waals surface area contributed by atoms with Gasteiger partial charge in [-0.25, -0.2) is 0 Å². The zero-order valence-electron chi connectivity index (χ0n) is 7.55. The van der Waals surface area contributed by atoms with Gasteiger partial charge in [-0.2, -0.15) is 0 Å². The molecule has 12 heavy (non-hydrogen) atoms. The molecule has 0 aromatic rings. The van der Waals surface area contributed by atoms with Crippen molar-refractivity contribution in [2.75, 3.05) is 13.1 Å². The summed E-state index contributed by atoms with van der Waals surface area (Å²) in [6.45, 7) is 3.58. The molecule has 1 aliphatic carbocycles. The van der Waals surface area contributed by atoms with E-state index in [4.69, 9.17) is 0 Å². The fraction of sp³-hybridized carbons (Fsp3) is 0.889. The highest BCUT2D eigenvalue weighted by molar-refractivity contribution is 5.79. The van der Waals surface area contributed by atoms with Crippen LogP contribution in [0.1, 0.15) is 26.2 Å². The first-order chi connectivity index (χ1) is 5.77. The lowest BCUT2D eigenvalue weighted by atomic mass is 9.90. The lowest BCUT2D eigenvalue weighted by Crippen LogP contribution is -2.57. The molecule has 1 atom stereocenters. The minimum Gasteiger partial charge on any atom is -0.337 e. The van der Waals surface area contributed by atoms with Gasteiger partial charge in [0, 0.05) is 18.6 Å². The van der Waals surface area contributed by atoms with Crippen molar-refractivity contribution in [1.29, 1.82) is 0 Å². The molecule has 68 valence electrons. The van der Waals surface area contributed by atoms with Crippen molar-refractivity contribution in [3.8, 4) is 0 Å². The lowest BCUT2D eigenvalue weighted by molar-refractivity contribution is -0.137. The Morgan fingerprint density at radius 3 is 2.83 bits per heavy atom. The number of piperazine rings is 1. The summed E-state index contributed by atoms with van der Waals surface area (Å²) in [5, 5.41) is 3.17. The number of amides is 1. The minimum absolute atomic E-state index is 0.290. The molecule has 0 spiro atoms. The first-order valence-electron chi connectivity index (χ1n) is 4.80. The predicted molar refractivity (Wildman–Crippen MR) is 46.8 cm³/mol. The Morgan fingerprint density at radius 1 is 1.50 bits per heavy atom. The normalized spacial score (nSPS) is 31.9. The van der Waals surface area contributed by atoms with Crippen molar-refractivity contribution >= 4 is 5.91 Å². The van der Waals surface area contributed by atoms with Crippen molar-refractivity contribution in [1.82, 2.24) is 10.2 Å². The number of carbonyl (C=O) groups is 1. The van der Waals surface area contributed by atoms with Gasteiger partial charge in [-0.05, 0) is 26.2 Å². The van der Waals surface area contributed by atoms with Gasteiger partial charge in [0.05, 0.1) is 6.54 Å². The third kappa shape index (κ3) is 1.33. The summed E-state index contributed by atoms with van der Waals surface area (Å²) >= 11 is 0. The second-order valence-electron chi connectivity index (χ2n) is 3.91. The maximum Gasteiger partial charge on any atom is 0.236 e. The molecule has 1 unspecified atom stereocenters. The van der Waals surface area contributed by atoms with Gasteiger partial charge in [-0.3, -0.25) is 4.79 Å². The first kappa shape index (κ1) is 8.05. The van der Waals surface area contributed by atoms with E-state index >= 15 is 0 Å². The summed E-state index contributed by atoms with van der Waals surface area (Å²) in [4.78, 5) is 13.5.